The third-order valence-electron chi connectivity index (χ3n) is 3.75. The number of hydrogen-bond acceptors (Lipinski definition) is 5. The van der Waals surface area contributed by atoms with Crippen molar-refractivity contribution < 1.29 is 9.63 Å². The fourth-order valence-corrected chi connectivity index (χ4v) is 2.75. The summed E-state index contributed by atoms with van der Waals surface area (Å²) >= 11 is 5.79. The van der Waals surface area contributed by atoms with Gasteiger partial charge in [0, 0.05) is 6.20 Å². The first-order valence-electron chi connectivity index (χ1n) is 6.85. The number of aliphatic hydroxyl groups is 1. The van der Waals surface area contributed by atoms with Gasteiger partial charge in [-0.25, -0.2) is 0 Å². The van der Waals surface area contributed by atoms with E-state index < -0.39 is 6.10 Å². The summed E-state index contributed by atoms with van der Waals surface area (Å²) in [5.74, 6) is 1.24. The van der Waals surface area contributed by atoms with Gasteiger partial charge in [0.15, 0.2) is 0 Å². The monoisotopic (exact) mass is 293 g/mol. The molecule has 0 bridgehead atoms. The van der Waals surface area contributed by atoms with Crippen molar-refractivity contribution in [3.8, 4) is 11.5 Å². The molecule has 0 amide bonds. The Morgan fingerprint density at radius 3 is 2.85 bits per heavy atom. The third kappa shape index (κ3) is 2.99. The van der Waals surface area contributed by atoms with E-state index in [1.807, 2.05) is 0 Å². The normalized spacial score (nSPS) is 17.5. The summed E-state index contributed by atoms with van der Waals surface area (Å²) in [4.78, 5) is 8.42. The van der Waals surface area contributed by atoms with Crippen molar-refractivity contribution in [3.63, 3.8) is 0 Å². The van der Waals surface area contributed by atoms with E-state index in [9.17, 15) is 5.11 Å². The highest BCUT2D eigenvalue weighted by Gasteiger charge is 2.25. The Labute approximate surface area is 122 Å². The molecule has 20 heavy (non-hydrogen) atoms. The molecule has 0 aromatic carbocycles. The second kappa shape index (κ2) is 5.89. The summed E-state index contributed by atoms with van der Waals surface area (Å²) < 4.78 is 5.19. The highest BCUT2D eigenvalue weighted by atomic mass is 35.5. The maximum absolute atomic E-state index is 10.2. The van der Waals surface area contributed by atoms with E-state index in [-0.39, 0.29) is 0 Å². The topological polar surface area (TPSA) is 72.0 Å². The van der Waals surface area contributed by atoms with Crippen molar-refractivity contribution in [2.24, 2.45) is 5.92 Å². The van der Waals surface area contributed by atoms with Gasteiger partial charge in [-0.2, -0.15) is 4.98 Å². The molecule has 1 aliphatic carbocycles. The van der Waals surface area contributed by atoms with E-state index >= 15 is 0 Å². The zero-order valence-corrected chi connectivity index (χ0v) is 11.8. The van der Waals surface area contributed by atoms with Gasteiger partial charge < -0.3 is 9.63 Å². The molecule has 3 rings (SSSR count). The van der Waals surface area contributed by atoms with E-state index in [0.717, 1.165) is 12.8 Å². The molecule has 1 fully saturated rings. The summed E-state index contributed by atoms with van der Waals surface area (Å²) in [5.41, 5.74) is 0.611. The second-order valence-corrected chi connectivity index (χ2v) is 5.63. The van der Waals surface area contributed by atoms with Crippen LogP contribution >= 0.6 is 11.6 Å². The molecule has 0 saturated heterocycles. The maximum atomic E-state index is 10.2. The van der Waals surface area contributed by atoms with Crippen LogP contribution in [-0.2, 0) is 6.42 Å². The Bertz CT molecular complexity index is 564. The number of nitrogens with zero attached hydrogens (tertiary/aromatic N) is 3. The molecule has 0 aliphatic heterocycles. The quantitative estimate of drug-likeness (QED) is 0.938. The molecule has 0 spiro atoms. The molecule has 106 valence electrons. The van der Waals surface area contributed by atoms with Crippen LogP contribution in [0.1, 0.15) is 31.6 Å². The van der Waals surface area contributed by atoms with E-state index in [1.165, 1.54) is 12.8 Å². The summed E-state index contributed by atoms with van der Waals surface area (Å²) in [7, 11) is 0. The average molecular weight is 294 g/mol. The number of hydrogen-bond donors (Lipinski definition) is 1. The zero-order valence-electron chi connectivity index (χ0n) is 11.0. The van der Waals surface area contributed by atoms with Gasteiger partial charge >= 0.3 is 0 Å². The number of pyridine rings is 1. The largest absolute Gasteiger partial charge is 0.392 e. The van der Waals surface area contributed by atoms with Crippen molar-refractivity contribution in [3.05, 3.63) is 29.2 Å². The fraction of sp³-hybridized carbons (Fsp3) is 0.500. The Morgan fingerprint density at radius 2 is 2.15 bits per heavy atom. The molecule has 6 heteroatoms. The van der Waals surface area contributed by atoms with Crippen LogP contribution in [-0.4, -0.2) is 26.3 Å². The molecule has 1 N–H and O–H groups in total. The molecular weight excluding hydrogens is 278 g/mol. The van der Waals surface area contributed by atoms with E-state index in [1.54, 1.807) is 18.3 Å². The van der Waals surface area contributed by atoms with Crippen LogP contribution in [0.15, 0.2) is 22.9 Å². The molecule has 2 aromatic heterocycles. The van der Waals surface area contributed by atoms with Gasteiger partial charge in [-0.15, -0.1) is 0 Å². The molecule has 5 nitrogen and oxygen atoms in total. The first-order chi connectivity index (χ1) is 9.72. The smallest absolute Gasteiger partial charge is 0.229 e. The van der Waals surface area contributed by atoms with E-state index in [2.05, 4.69) is 15.1 Å². The van der Waals surface area contributed by atoms with Crippen LogP contribution in [0.4, 0.5) is 0 Å². The van der Waals surface area contributed by atoms with Gasteiger partial charge in [0.2, 0.25) is 11.7 Å². The minimum absolute atomic E-state index is 0.360. The summed E-state index contributed by atoms with van der Waals surface area (Å²) in [6.07, 6.45) is 6.12. The maximum Gasteiger partial charge on any atom is 0.229 e. The van der Waals surface area contributed by atoms with Crippen LogP contribution in [0.2, 0.25) is 5.02 Å². The molecule has 1 unspecified atom stereocenters. The molecule has 2 aromatic rings. The number of aliphatic hydroxyl groups excluding tert-OH is 1. The molecule has 2 heterocycles. The first kappa shape index (κ1) is 13.5. The standard InChI is InChI=1S/C14H16ClN3O2/c15-10-5-6-11(16-8-10)14-17-13(20-18-14)7-12(19)9-3-1-2-4-9/h5-6,8-9,12,19H,1-4,7H2. The Morgan fingerprint density at radius 1 is 1.35 bits per heavy atom. The van der Waals surface area contributed by atoms with Crippen molar-refractivity contribution in [1.29, 1.82) is 0 Å². The SMILES string of the molecule is OC(Cc1nc(-c2ccc(Cl)cn2)no1)C1CCCC1. The van der Waals surface area contributed by atoms with E-state index in [0.29, 0.717) is 34.8 Å². The van der Waals surface area contributed by atoms with Gasteiger partial charge in [-0.3, -0.25) is 4.98 Å². The van der Waals surface area contributed by atoms with Gasteiger partial charge in [-0.1, -0.05) is 29.6 Å². The fourth-order valence-electron chi connectivity index (χ4n) is 2.64. The minimum Gasteiger partial charge on any atom is -0.392 e. The predicted octanol–water partition coefficient (Wildman–Crippen LogP) is 2.88. The molecule has 1 atom stereocenters. The number of rotatable bonds is 4. The van der Waals surface area contributed by atoms with Crippen LogP contribution in [0.5, 0.6) is 0 Å². The molecule has 1 saturated carbocycles. The molecule has 0 radical (unpaired) electrons. The third-order valence-corrected chi connectivity index (χ3v) is 3.98. The summed E-state index contributed by atoms with van der Waals surface area (Å²) in [6, 6.07) is 3.47. The average Bonchev–Trinajstić information content (AvgIpc) is 3.10. The van der Waals surface area contributed by atoms with Crippen LogP contribution in [0.3, 0.4) is 0 Å². The first-order valence-corrected chi connectivity index (χ1v) is 7.23. The van der Waals surface area contributed by atoms with Gasteiger partial charge in [-0.05, 0) is 30.9 Å². The van der Waals surface area contributed by atoms with Gasteiger partial charge in [0.05, 0.1) is 17.5 Å². The second-order valence-electron chi connectivity index (χ2n) is 5.19. The highest BCUT2D eigenvalue weighted by molar-refractivity contribution is 6.30. The van der Waals surface area contributed by atoms with Crippen molar-refractivity contribution in [2.45, 2.75) is 38.2 Å². The lowest BCUT2D eigenvalue weighted by molar-refractivity contribution is 0.102. The lowest BCUT2D eigenvalue weighted by atomic mass is 9.98. The molecule has 1 aliphatic rings. The van der Waals surface area contributed by atoms with Crippen molar-refractivity contribution in [2.75, 3.05) is 0 Å². The van der Waals surface area contributed by atoms with Gasteiger partial charge in [0.25, 0.3) is 0 Å². The highest BCUT2D eigenvalue weighted by Crippen LogP contribution is 2.29. The number of halogens is 1. The lowest BCUT2D eigenvalue weighted by Crippen LogP contribution is -2.20. The van der Waals surface area contributed by atoms with Crippen LogP contribution in [0, 0.1) is 5.92 Å². The summed E-state index contributed by atoms with van der Waals surface area (Å²) in [6.45, 7) is 0. The lowest BCUT2D eigenvalue weighted by Gasteiger charge is -2.14. The zero-order chi connectivity index (χ0) is 13.9. The Hall–Kier alpha value is -1.46. The van der Waals surface area contributed by atoms with Crippen LogP contribution in [0.25, 0.3) is 11.5 Å². The van der Waals surface area contributed by atoms with Crippen molar-refractivity contribution >= 4 is 11.6 Å². The summed E-state index contributed by atoms with van der Waals surface area (Å²) in [5, 5.41) is 14.6. The minimum atomic E-state index is -0.399. The van der Waals surface area contributed by atoms with Crippen LogP contribution < -0.4 is 0 Å². The number of aromatic nitrogens is 3. The Kier molecular flexibility index (Phi) is 3.98. The molecular formula is C14H16ClN3O2. The van der Waals surface area contributed by atoms with Gasteiger partial charge in [0.1, 0.15) is 5.69 Å². The predicted molar refractivity (Wildman–Crippen MR) is 74.2 cm³/mol. The Balaban J connectivity index is 1.68. The van der Waals surface area contributed by atoms with E-state index in [4.69, 9.17) is 16.1 Å². The van der Waals surface area contributed by atoms with Crippen molar-refractivity contribution in [1.82, 2.24) is 15.1 Å².